The third-order valence-corrected chi connectivity index (χ3v) is 3.84. The Bertz CT molecular complexity index is 792. The first-order chi connectivity index (χ1) is 10.1. The van der Waals surface area contributed by atoms with Gasteiger partial charge in [-0.1, -0.05) is 58.2 Å². The summed E-state index contributed by atoms with van der Waals surface area (Å²) in [6.07, 6.45) is 0. The molecule has 0 atom stereocenters. The zero-order chi connectivity index (χ0) is 15.0. The largest absolute Gasteiger partial charge is 0.380 e. The van der Waals surface area contributed by atoms with Gasteiger partial charge in [0, 0.05) is 11.1 Å². The van der Waals surface area contributed by atoms with Crippen molar-refractivity contribution in [1.29, 1.82) is 0 Å². The minimum Gasteiger partial charge on any atom is -0.380 e. The number of benzene rings is 2. The number of nitrogens with zero attached hydrogens (tertiary/aromatic N) is 1. The molecule has 0 amide bonds. The highest BCUT2D eigenvalue weighted by atomic mass is 35.5. The van der Waals surface area contributed by atoms with E-state index in [1.807, 2.05) is 31.2 Å². The van der Waals surface area contributed by atoms with Gasteiger partial charge >= 0.3 is 0 Å². The molecule has 1 heterocycles. The maximum atomic E-state index is 6.27. The van der Waals surface area contributed by atoms with Crippen LogP contribution in [0.25, 0.3) is 22.5 Å². The fourth-order valence-electron chi connectivity index (χ4n) is 2.26. The number of aromatic nitrogens is 1. The average molecular weight is 319 g/mol. The predicted octanol–water partition coefficient (Wildman–Crippen LogP) is 5.21. The molecule has 0 aliphatic carbocycles. The van der Waals surface area contributed by atoms with Gasteiger partial charge in [0.25, 0.3) is 0 Å². The number of hydrogen-bond acceptors (Lipinski definition) is 3. The topological polar surface area (TPSA) is 52.0 Å². The highest BCUT2D eigenvalue weighted by molar-refractivity contribution is 6.39. The lowest BCUT2D eigenvalue weighted by molar-refractivity contribution is 0.436. The summed E-state index contributed by atoms with van der Waals surface area (Å²) in [5, 5.41) is 4.88. The molecule has 0 spiro atoms. The summed E-state index contributed by atoms with van der Waals surface area (Å²) in [6.45, 7) is 2.01. The van der Waals surface area contributed by atoms with Gasteiger partial charge in [0.2, 0.25) is 0 Å². The van der Waals surface area contributed by atoms with E-state index in [4.69, 9.17) is 33.5 Å². The van der Waals surface area contributed by atoms with Crippen LogP contribution in [0.3, 0.4) is 0 Å². The van der Waals surface area contributed by atoms with Gasteiger partial charge in [-0.15, -0.1) is 0 Å². The lowest BCUT2D eigenvalue weighted by atomic mass is 10.0. The normalized spacial score (nSPS) is 10.8. The minimum absolute atomic E-state index is 0.265. The van der Waals surface area contributed by atoms with Crippen LogP contribution in [0.1, 0.15) is 5.56 Å². The Kier molecular flexibility index (Phi) is 3.62. The van der Waals surface area contributed by atoms with Crippen molar-refractivity contribution in [1.82, 2.24) is 5.16 Å². The second-order valence-corrected chi connectivity index (χ2v) is 5.55. The van der Waals surface area contributed by atoms with E-state index in [1.165, 1.54) is 0 Å². The van der Waals surface area contributed by atoms with Crippen molar-refractivity contribution < 1.29 is 4.52 Å². The maximum Gasteiger partial charge on any atom is 0.177 e. The molecule has 0 unspecified atom stereocenters. The van der Waals surface area contributed by atoms with Crippen molar-refractivity contribution in [2.45, 2.75) is 6.92 Å². The Morgan fingerprint density at radius 1 is 1.00 bits per heavy atom. The van der Waals surface area contributed by atoms with Crippen molar-refractivity contribution in [3.8, 4) is 22.5 Å². The van der Waals surface area contributed by atoms with Crippen LogP contribution in [0, 0.1) is 6.92 Å². The molecule has 0 aliphatic heterocycles. The fourth-order valence-corrected chi connectivity index (χ4v) is 2.85. The zero-order valence-corrected chi connectivity index (χ0v) is 12.7. The van der Waals surface area contributed by atoms with Gasteiger partial charge in [-0.25, -0.2) is 0 Å². The van der Waals surface area contributed by atoms with Crippen molar-refractivity contribution in [2.75, 3.05) is 5.73 Å². The van der Waals surface area contributed by atoms with Crippen molar-refractivity contribution in [2.24, 2.45) is 0 Å². The molecule has 0 radical (unpaired) electrons. The quantitative estimate of drug-likeness (QED) is 0.706. The Balaban J connectivity index is 2.28. The predicted molar refractivity (Wildman–Crippen MR) is 86.5 cm³/mol. The molecule has 0 aliphatic rings. The van der Waals surface area contributed by atoms with Gasteiger partial charge in [-0.05, 0) is 25.1 Å². The van der Waals surface area contributed by atoms with Crippen LogP contribution in [0.2, 0.25) is 10.0 Å². The first-order valence-electron chi connectivity index (χ1n) is 6.34. The summed E-state index contributed by atoms with van der Waals surface area (Å²) in [4.78, 5) is 0. The molecule has 1 aromatic heterocycles. The third kappa shape index (κ3) is 2.50. The SMILES string of the molecule is Cc1cccc(-c2onc(N)c2-c2c(Cl)cccc2Cl)c1. The molecule has 106 valence electrons. The Morgan fingerprint density at radius 3 is 2.33 bits per heavy atom. The first-order valence-corrected chi connectivity index (χ1v) is 7.10. The zero-order valence-electron chi connectivity index (χ0n) is 11.2. The summed E-state index contributed by atoms with van der Waals surface area (Å²) < 4.78 is 5.41. The molecule has 3 aromatic rings. The second kappa shape index (κ2) is 5.43. The number of nitrogen functional groups attached to an aromatic ring is 1. The van der Waals surface area contributed by atoms with Crippen LogP contribution in [-0.2, 0) is 0 Å². The number of hydrogen-bond donors (Lipinski definition) is 1. The molecule has 5 heteroatoms. The smallest absolute Gasteiger partial charge is 0.177 e. The van der Waals surface area contributed by atoms with Crippen molar-refractivity contribution in [3.63, 3.8) is 0 Å². The van der Waals surface area contributed by atoms with Crippen LogP contribution in [-0.4, -0.2) is 5.16 Å². The number of halogens is 2. The van der Waals surface area contributed by atoms with Gasteiger partial charge in [0.1, 0.15) is 0 Å². The molecular formula is C16H12Cl2N2O. The summed E-state index contributed by atoms with van der Waals surface area (Å²) in [5.41, 5.74) is 9.21. The number of aryl methyl sites for hydroxylation is 1. The van der Waals surface area contributed by atoms with Crippen LogP contribution < -0.4 is 5.73 Å². The summed E-state index contributed by atoms with van der Waals surface area (Å²) in [7, 11) is 0. The van der Waals surface area contributed by atoms with Crippen LogP contribution in [0.15, 0.2) is 47.0 Å². The number of anilines is 1. The van der Waals surface area contributed by atoms with E-state index < -0.39 is 0 Å². The van der Waals surface area contributed by atoms with Crippen molar-refractivity contribution in [3.05, 3.63) is 58.1 Å². The van der Waals surface area contributed by atoms with Crippen LogP contribution >= 0.6 is 23.2 Å². The minimum atomic E-state index is 0.265. The Labute approximate surface area is 132 Å². The van der Waals surface area contributed by atoms with Gasteiger partial charge in [0.05, 0.1) is 15.6 Å². The number of rotatable bonds is 2. The molecular weight excluding hydrogens is 307 g/mol. The van der Waals surface area contributed by atoms with Gasteiger partial charge in [-0.2, -0.15) is 0 Å². The molecule has 2 N–H and O–H groups in total. The molecule has 0 bridgehead atoms. The standard InChI is InChI=1S/C16H12Cl2N2O/c1-9-4-2-5-10(8-9)15-14(16(19)20-21-15)13-11(17)6-3-7-12(13)18/h2-8H,1H3,(H2,19,20). The molecule has 3 rings (SSSR count). The molecule has 2 aromatic carbocycles. The van der Waals surface area contributed by atoms with E-state index in [-0.39, 0.29) is 5.82 Å². The second-order valence-electron chi connectivity index (χ2n) is 4.74. The van der Waals surface area contributed by atoms with Crippen molar-refractivity contribution >= 4 is 29.0 Å². The van der Waals surface area contributed by atoms with E-state index in [0.29, 0.717) is 26.9 Å². The average Bonchev–Trinajstić information content (AvgIpc) is 2.81. The van der Waals surface area contributed by atoms with E-state index >= 15 is 0 Å². The molecule has 21 heavy (non-hydrogen) atoms. The van der Waals surface area contributed by atoms with E-state index in [9.17, 15) is 0 Å². The Hall–Kier alpha value is -1.97. The van der Waals surface area contributed by atoms with E-state index in [1.54, 1.807) is 18.2 Å². The maximum absolute atomic E-state index is 6.27. The van der Waals surface area contributed by atoms with Crippen LogP contribution in [0.5, 0.6) is 0 Å². The monoisotopic (exact) mass is 318 g/mol. The molecule has 0 fully saturated rings. The highest BCUT2D eigenvalue weighted by Gasteiger charge is 2.22. The van der Waals surface area contributed by atoms with E-state index in [0.717, 1.165) is 11.1 Å². The lowest BCUT2D eigenvalue weighted by Crippen LogP contribution is -1.91. The third-order valence-electron chi connectivity index (χ3n) is 3.21. The lowest BCUT2D eigenvalue weighted by Gasteiger charge is -2.07. The van der Waals surface area contributed by atoms with E-state index in [2.05, 4.69) is 5.16 Å². The summed E-state index contributed by atoms with van der Waals surface area (Å²) in [5.74, 6) is 0.827. The molecule has 0 saturated heterocycles. The molecule has 3 nitrogen and oxygen atoms in total. The van der Waals surface area contributed by atoms with Gasteiger partial charge < -0.3 is 10.3 Å². The highest BCUT2D eigenvalue weighted by Crippen LogP contribution is 2.43. The molecule has 0 saturated carbocycles. The first kappa shape index (κ1) is 14.0. The summed E-state index contributed by atoms with van der Waals surface area (Å²) in [6, 6.07) is 13.2. The summed E-state index contributed by atoms with van der Waals surface area (Å²) >= 11 is 12.5. The van der Waals surface area contributed by atoms with Gasteiger partial charge in [-0.3, -0.25) is 0 Å². The Morgan fingerprint density at radius 2 is 1.67 bits per heavy atom. The van der Waals surface area contributed by atoms with Crippen LogP contribution in [0.4, 0.5) is 5.82 Å². The number of nitrogens with two attached hydrogens (primary N) is 1. The fraction of sp³-hybridized carbons (Fsp3) is 0.0625. The van der Waals surface area contributed by atoms with Gasteiger partial charge in [0.15, 0.2) is 11.6 Å².